The van der Waals surface area contributed by atoms with Gasteiger partial charge < -0.3 is 0 Å². The van der Waals surface area contributed by atoms with E-state index in [1.807, 2.05) is 6.92 Å². The average Bonchev–Trinajstić information content (AvgIpc) is 2.09. The first-order chi connectivity index (χ1) is 6.64. The van der Waals surface area contributed by atoms with Gasteiger partial charge in [-0.2, -0.15) is 5.26 Å². The van der Waals surface area contributed by atoms with Gasteiger partial charge in [-0.3, -0.25) is 0 Å². The van der Waals surface area contributed by atoms with Crippen molar-refractivity contribution in [3.05, 3.63) is 23.8 Å². The first kappa shape index (κ1) is 11.0. The summed E-state index contributed by atoms with van der Waals surface area (Å²) in [5.41, 5.74) is 1.06. The van der Waals surface area contributed by atoms with Gasteiger partial charge in [-0.05, 0) is 37.7 Å². The van der Waals surface area contributed by atoms with E-state index in [0.717, 1.165) is 12.8 Å². The van der Waals surface area contributed by atoms with Gasteiger partial charge >= 0.3 is 0 Å². The molecule has 0 aromatic carbocycles. The third-order valence-electron chi connectivity index (χ3n) is 2.95. The average molecular weight is 189 g/mol. The highest BCUT2D eigenvalue weighted by molar-refractivity contribution is 5.35. The van der Waals surface area contributed by atoms with Gasteiger partial charge in [0, 0.05) is 0 Å². The zero-order valence-corrected chi connectivity index (χ0v) is 9.38. The van der Waals surface area contributed by atoms with Gasteiger partial charge in [-0.15, -0.1) is 0 Å². The van der Waals surface area contributed by atoms with Gasteiger partial charge in [0.25, 0.3) is 0 Å². The molecule has 1 saturated carbocycles. The predicted octanol–water partition coefficient (Wildman–Crippen LogP) is 3.84. The number of hydrogen-bond donors (Lipinski definition) is 0. The molecule has 0 radical (unpaired) electrons. The fourth-order valence-electron chi connectivity index (χ4n) is 1.82. The largest absolute Gasteiger partial charge is 0.197 e. The van der Waals surface area contributed by atoms with Gasteiger partial charge in [0.2, 0.25) is 0 Å². The fraction of sp³-hybridized carbons (Fsp3) is 0.615. The summed E-state index contributed by atoms with van der Waals surface area (Å²) in [5.74, 6) is 0.556. The van der Waals surface area contributed by atoms with E-state index in [1.54, 1.807) is 0 Å². The Balaban J connectivity index is 2.78. The van der Waals surface area contributed by atoms with E-state index in [1.165, 1.54) is 12.0 Å². The van der Waals surface area contributed by atoms with Crippen molar-refractivity contribution in [1.82, 2.24) is 0 Å². The highest BCUT2D eigenvalue weighted by Gasteiger charge is 2.39. The Morgan fingerprint density at radius 1 is 1.43 bits per heavy atom. The molecule has 0 aromatic heterocycles. The normalized spacial score (nSPS) is 20.9. The molecule has 0 aromatic rings. The zero-order chi connectivity index (χ0) is 10.6. The van der Waals surface area contributed by atoms with Crippen LogP contribution in [0, 0.1) is 22.7 Å². The minimum atomic E-state index is -0.153. The van der Waals surface area contributed by atoms with Crippen LogP contribution in [0.15, 0.2) is 23.8 Å². The number of hydrogen-bond acceptors (Lipinski definition) is 1. The summed E-state index contributed by atoms with van der Waals surface area (Å²) >= 11 is 0. The number of nitriles is 1. The second kappa shape index (κ2) is 4.46. The van der Waals surface area contributed by atoms with Crippen molar-refractivity contribution in [2.75, 3.05) is 0 Å². The quantitative estimate of drug-likeness (QED) is 0.619. The van der Waals surface area contributed by atoms with Crippen molar-refractivity contribution in [2.24, 2.45) is 11.3 Å². The van der Waals surface area contributed by atoms with Crippen LogP contribution in [-0.2, 0) is 0 Å². The van der Waals surface area contributed by atoms with Crippen molar-refractivity contribution in [2.45, 2.75) is 40.0 Å². The smallest absolute Gasteiger partial charge is 0.0819 e. The predicted molar refractivity (Wildman–Crippen MR) is 59.6 cm³/mol. The Labute approximate surface area is 87.1 Å². The molecule has 1 fully saturated rings. The molecular formula is C13H19N. The molecule has 0 spiro atoms. The minimum Gasteiger partial charge on any atom is -0.197 e. The Bertz CT molecular complexity index is 285. The van der Waals surface area contributed by atoms with Crippen LogP contribution >= 0.6 is 0 Å². The third kappa shape index (κ3) is 2.07. The molecule has 0 saturated heterocycles. The lowest BCUT2D eigenvalue weighted by molar-refractivity contribution is 0.274. The Kier molecular flexibility index (Phi) is 3.52. The van der Waals surface area contributed by atoms with Gasteiger partial charge in [0.15, 0.2) is 0 Å². The van der Waals surface area contributed by atoms with Gasteiger partial charge in [0.1, 0.15) is 0 Å². The molecule has 1 aliphatic carbocycles. The SMILES string of the molecule is CC=C(C=CC(C)C)C1(C#N)CCC1. The van der Waals surface area contributed by atoms with E-state index >= 15 is 0 Å². The van der Waals surface area contributed by atoms with Crippen LogP contribution in [0.2, 0.25) is 0 Å². The number of rotatable bonds is 3. The molecule has 0 amide bonds. The zero-order valence-electron chi connectivity index (χ0n) is 9.38. The molecule has 0 bridgehead atoms. The summed E-state index contributed by atoms with van der Waals surface area (Å²) in [7, 11) is 0. The molecule has 0 N–H and O–H groups in total. The van der Waals surface area contributed by atoms with Crippen LogP contribution in [0.5, 0.6) is 0 Å². The van der Waals surface area contributed by atoms with Crippen LogP contribution in [-0.4, -0.2) is 0 Å². The maximum absolute atomic E-state index is 9.18. The molecular weight excluding hydrogens is 170 g/mol. The summed E-state index contributed by atoms with van der Waals surface area (Å²) < 4.78 is 0. The van der Waals surface area contributed by atoms with Crippen molar-refractivity contribution < 1.29 is 0 Å². The summed E-state index contributed by atoms with van der Waals surface area (Å²) in [6, 6.07) is 2.47. The van der Waals surface area contributed by atoms with Crippen LogP contribution in [0.1, 0.15) is 40.0 Å². The van der Waals surface area contributed by atoms with E-state index in [2.05, 4.69) is 38.1 Å². The summed E-state index contributed by atoms with van der Waals surface area (Å²) in [6.45, 7) is 6.34. The monoisotopic (exact) mass is 189 g/mol. The van der Waals surface area contributed by atoms with E-state index in [0.29, 0.717) is 5.92 Å². The van der Waals surface area contributed by atoms with Crippen LogP contribution in [0.4, 0.5) is 0 Å². The number of nitrogens with zero attached hydrogens (tertiary/aromatic N) is 1. The van der Waals surface area contributed by atoms with Gasteiger partial charge in [0.05, 0.1) is 11.5 Å². The maximum Gasteiger partial charge on any atom is 0.0819 e. The highest BCUT2D eigenvalue weighted by Crippen LogP contribution is 2.46. The maximum atomic E-state index is 9.18. The van der Waals surface area contributed by atoms with Crippen LogP contribution < -0.4 is 0 Å². The Hall–Kier alpha value is -1.03. The van der Waals surface area contributed by atoms with Crippen molar-refractivity contribution in [3.63, 3.8) is 0 Å². The Morgan fingerprint density at radius 3 is 2.36 bits per heavy atom. The van der Waals surface area contributed by atoms with E-state index in [-0.39, 0.29) is 5.41 Å². The first-order valence-electron chi connectivity index (χ1n) is 5.41. The molecule has 1 aliphatic rings. The molecule has 0 heterocycles. The molecule has 1 rings (SSSR count). The lowest BCUT2D eigenvalue weighted by Crippen LogP contribution is -2.29. The third-order valence-corrected chi connectivity index (χ3v) is 2.95. The highest BCUT2D eigenvalue weighted by atomic mass is 14.4. The summed E-state index contributed by atoms with van der Waals surface area (Å²) in [4.78, 5) is 0. The molecule has 14 heavy (non-hydrogen) atoms. The lowest BCUT2D eigenvalue weighted by Gasteiger charge is -2.36. The van der Waals surface area contributed by atoms with Crippen LogP contribution in [0.3, 0.4) is 0 Å². The van der Waals surface area contributed by atoms with Crippen molar-refractivity contribution in [3.8, 4) is 6.07 Å². The fourth-order valence-corrected chi connectivity index (χ4v) is 1.82. The molecule has 1 nitrogen and oxygen atoms in total. The van der Waals surface area contributed by atoms with Crippen molar-refractivity contribution >= 4 is 0 Å². The Morgan fingerprint density at radius 2 is 2.07 bits per heavy atom. The molecule has 0 aliphatic heterocycles. The standard InChI is InChI=1S/C13H19N/c1-4-12(7-6-11(2)3)13(10-14)8-5-9-13/h4,6-7,11H,5,8-9H2,1-3H3. The molecule has 1 heteroatoms. The topological polar surface area (TPSA) is 23.8 Å². The summed E-state index contributed by atoms with van der Waals surface area (Å²) in [6.07, 6.45) is 9.65. The minimum absolute atomic E-state index is 0.153. The van der Waals surface area contributed by atoms with Crippen LogP contribution in [0.25, 0.3) is 0 Å². The second-order valence-electron chi connectivity index (χ2n) is 4.39. The van der Waals surface area contributed by atoms with Crippen molar-refractivity contribution in [1.29, 1.82) is 5.26 Å². The van der Waals surface area contributed by atoms with E-state index in [4.69, 9.17) is 0 Å². The first-order valence-corrected chi connectivity index (χ1v) is 5.41. The molecule has 0 unspecified atom stereocenters. The van der Waals surface area contributed by atoms with Gasteiger partial charge in [-0.25, -0.2) is 0 Å². The second-order valence-corrected chi connectivity index (χ2v) is 4.39. The lowest BCUT2D eigenvalue weighted by atomic mass is 9.65. The number of allylic oxidation sites excluding steroid dienone is 4. The van der Waals surface area contributed by atoms with E-state index in [9.17, 15) is 5.26 Å². The summed E-state index contributed by atoms with van der Waals surface area (Å²) in [5, 5.41) is 9.18. The molecule has 0 atom stereocenters. The molecule has 76 valence electrons. The van der Waals surface area contributed by atoms with Gasteiger partial charge in [-0.1, -0.05) is 32.1 Å². The van der Waals surface area contributed by atoms with E-state index < -0.39 is 0 Å².